The Kier molecular flexibility index (Phi) is 5.15. The van der Waals surface area contributed by atoms with Gasteiger partial charge >= 0.3 is 0 Å². The second kappa shape index (κ2) is 7.71. The molecule has 0 saturated carbocycles. The van der Waals surface area contributed by atoms with Crippen LogP contribution >= 0.6 is 22.7 Å². The number of anilines is 1. The summed E-state index contributed by atoms with van der Waals surface area (Å²) in [6.45, 7) is 5.01. The maximum absolute atomic E-state index is 9.01. The van der Waals surface area contributed by atoms with Gasteiger partial charge in [-0.1, -0.05) is 5.21 Å². The lowest BCUT2D eigenvalue weighted by atomic mass is 10.1. The van der Waals surface area contributed by atoms with Crippen molar-refractivity contribution in [2.75, 3.05) is 11.9 Å². The monoisotopic (exact) mass is 400 g/mol. The highest BCUT2D eigenvalue weighted by molar-refractivity contribution is 7.25. The summed E-state index contributed by atoms with van der Waals surface area (Å²) >= 11 is 3.29. The number of rotatable bonds is 7. The average Bonchev–Trinajstić information content (AvgIpc) is 3.38. The van der Waals surface area contributed by atoms with Crippen LogP contribution in [0.1, 0.15) is 20.3 Å². The molecule has 0 spiro atoms. The zero-order valence-corrected chi connectivity index (χ0v) is 16.7. The summed E-state index contributed by atoms with van der Waals surface area (Å²) in [5, 5.41) is 22.1. The third-order valence-corrected chi connectivity index (χ3v) is 6.04. The smallest absolute Gasteiger partial charge is 0.125 e. The maximum Gasteiger partial charge on any atom is 0.125 e. The molecule has 0 radical (unpaired) electrons. The van der Waals surface area contributed by atoms with E-state index in [2.05, 4.69) is 45.5 Å². The molecule has 0 unspecified atom stereocenters. The Morgan fingerprint density at radius 3 is 2.89 bits per heavy atom. The predicted molar refractivity (Wildman–Crippen MR) is 110 cm³/mol. The van der Waals surface area contributed by atoms with E-state index in [9.17, 15) is 0 Å². The average molecular weight is 401 g/mol. The van der Waals surface area contributed by atoms with Gasteiger partial charge in [0.25, 0.3) is 0 Å². The first-order chi connectivity index (χ1) is 13.2. The molecule has 7 nitrogen and oxygen atoms in total. The van der Waals surface area contributed by atoms with Crippen molar-refractivity contribution < 1.29 is 5.11 Å². The number of aliphatic hydroxyl groups excluding tert-OH is 1. The number of aromatic nitrogens is 5. The molecule has 0 bridgehead atoms. The Morgan fingerprint density at radius 1 is 1.26 bits per heavy atom. The number of thiophene rings is 1. The van der Waals surface area contributed by atoms with Crippen LogP contribution in [0.3, 0.4) is 0 Å². The summed E-state index contributed by atoms with van der Waals surface area (Å²) in [7, 11) is 0. The zero-order valence-electron chi connectivity index (χ0n) is 15.1. The Morgan fingerprint density at radius 2 is 2.15 bits per heavy atom. The fraction of sp³-hybridized carbons (Fsp3) is 0.333. The quantitative estimate of drug-likeness (QED) is 0.489. The van der Waals surface area contributed by atoms with Gasteiger partial charge in [0.05, 0.1) is 22.3 Å². The number of thiazole rings is 1. The van der Waals surface area contributed by atoms with E-state index in [1.807, 2.05) is 24.1 Å². The van der Waals surface area contributed by atoms with Gasteiger partial charge < -0.3 is 10.4 Å². The summed E-state index contributed by atoms with van der Waals surface area (Å²) in [6.07, 6.45) is 6.30. The second-order valence-electron chi connectivity index (χ2n) is 6.49. The molecule has 27 heavy (non-hydrogen) atoms. The van der Waals surface area contributed by atoms with Crippen molar-refractivity contribution in [3.63, 3.8) is 0 Å². The van der Waals surface area contributed by atoms with Crippen LogP contribution in [0.5, 0.6) is 0 Å². The molecule has 0 saturated heterocycles. The highest BCUT2D eigenvalue weighted by Gasteiger charge is 2.17. The first kappa shape index (κ1) is 18.0. The van der Waals surface area contributed by atoms with Gasteiger partial charge in [-0.15, -0.1) is 27.8 Å². The second-order valence-corrected chi connectivity index (χ2v) is 8.40. The Hall–Kier alpha value is -2.36. The van der Waals surface area contributed by atoms with Crippen LogP contribution in [0.4, 0.5) is 5.69 Å². The Balaban J connectivity index is 1.80. The highest BCUT2D eigenvalue weighted by Crippen LogP contribution is 2.41. The van der Waals surface area contributed by atoms with Gasteiger partial charge in [-0.25, -0.2) is 4.98 Å². The van der Waals surface area contributed by atoms with E-state index in [0.29, 0.717) is 13.0 Å². The number of fused-ring (bicyclic) bond motifs is 1. The van der Waals surface area contributed by atoms with E-state index >= 15 is 0 Å². The Labute approximate surface area is 164 Å². The van der Waals surface area contributed by atoms with Crippen LogP contribution in [0.2, 0.25) is 0 Å². The number of nitrogens with zero attached hydrogens (tertiary/aromatic N) is 5. The molecule has 140 valence electrons. The van der Waals surface area contributed by atoms with Gasteiger partial charge in [-0.2, -0.15) is 0 Å². The van der Waals surface area contributed by atoms with Gasteiger partial charge in [0.15, 0.2) is 0 Å². The molecule has 0 atom stereocenters. The molecule has 9 heteroatoms. The van der Waals surface area contributed by atoms with Crippen molar-refractivity contribution in [3.05, 3.63) is 30.2 Å². The fourth-order valence-electron chi connectivity index (χ4n) is 2.85. The van der Waals surface area contributed by atoms with E-state index in [1.165, 1.54) is 0 Å². The number of nitrogens with one attached hydrogen (secondary N) is 1. The summed E-state index contributed by atoms with van der Waals surface area (Å²) in [4.78, 5) is 12.1. The van der Waals surface area contributed by atoms with Crippen LogP contribution in [0.15, 0.2) is 30.2 Å². The van der Waals surface area contributed by atoms with Crippen LogP contribution in [-0.4, -0.2) is 42.7 Å². The summed E-state index contributed by atoms with van der Waals surface area (Å²) in [5.74, 6) is 0. The number of aliphatic hydroxyl groups is 1. The van der Waals surface area contributed by atoms with E-state index in [-0.39, 0.29) is 12.6 Å². The van der Waals surface area contributed by atoms with Crippen molar-refractivity contribution in [1.29, 1.82) is 0 Å². The lowest BCUT2D eigenvalue weighted by molar-refractivity contribution is 0.276. The first-order valence-electron chi connectivity index (χ1n) is 8.75. The molecule has 2 N–H and O–H groups in total. The minimum Gasteiger partial charge on any atom is -0.396 e. The van der Waals surface area contributed by atoms with Gasteiger partial charge in [0.1, 0.15) is 10.5 Å². The first-order valence-corrected chi connectivity index (χ1v) is 10.4. The fourth-order valence-corrected chi connectivity index (χ4v) is 4.57. The molecule has 0 aliphatic carbocycles. The SMILES string of the molecule is CC(C)Nc1c(-c2cn(CCCO)nn2)cnc2sc(-c3cncs3)cc12. The molecule has 0 fully saturated rings. The van der Waals surface area contributed by atoms with Crippen molar-refractivity contribution in [1.82, 2.24) is 25.0 Å². The topological polar surface area (TPSA) is 88.8 Å². The Bertz CT molecular complexity index is 1040. The van der Waals surface area contributed by atoms with Gasteiger partial charge in [-0.3, -0.25) is 9.67 Å². The lowest BCUT2D eigenvalue weighted by Gasteiger charge is -2.14. The van der Waals surface area contributed by atoms with Crippen molar-refractivity contribution in [2.45, 2.75) is 32.9 Å². The highest BCUT2D eigenvalue weighted by atomic mass is 32.1. The van der Waals surface area contributed by atoms with Crippen molar-refractivity contribution in [2.24, 2.45) is 0 Å². The largest absolute Gasteiger partial charge is 0.396 e. The molecular weight excluding hydrogens is 380 g/mol. The number of hydrogen-bond acceptors (Lipinski definition) is 8. The summed E-state index contributed by atoms with van der Waals surface area (Å²) < 4.78 is 1.76. The van der Waals surface area contributed by atoms with E-state index in [1.54, 1.807) is 27.4 Å². The van der Waals surface area contributed by atoms with Gasteiger partial charge in [0.2, 0.25) is 0 Å². The zero-order chi connectivity index (χ0) is 18.8. The van der Waals surface area contributed by atoms with E-state index in [0.717, 1.165) is 36.9 Å². The third kappa shape index (κ3) is 3.71. The molecule has 4 aromatic rings. The molecule has 0 amide bonds. The third-order valence-electron chi connectivity index (χ3n) is 4.03. The summed E-state index contributed by atoms with van der Waals surface area (Å²) in [5.41, 5.74) is 4.57. The molecule has 0 aliphatic heterocycles. The van der Waals surface area contributed by atoms with Gasteiger partial charge in [-0.05, 0) is 26.3 Å². The maximum atomic E-state index is 9.01. The minimum atomic E-state index is 0.137. The molecule has 4 aromatic heterocycles. The minimum absolute atomic E-state index is 0.137. The van der Waals surface area contributed by atoms with Crippen LogP contribution in [0, 0.1) is 0 Å². The molecular formula is C18H20N6OS2. The molecule has 0 aromatic carbocycles. The predicted octanol–water partition coefficient (Wildman–Crippen LogP) is 3.88. The van der Waals surface area contributed by atoms with E-state index < -0.39 is 0 Å². The van der Waals surface area contributed by atoms with Crippen molar-refractivity contribution >= 4 is 38.6 Å². The van der Waals surface area contributed by atoms with Crippen LogP contribution in [-0.2, 0) is 6.54 Å². The number of hydrogen-bond donors (Lipinski definition) is 2. The normalized spacial score (nSPS) is 11.6. The molecule has 0 aliphatic rings. The standard InChI is InChI=1S/C18H20N6OS2/c1-11(2)21-17-12-6-15(16-8-19-10-26-16)27-18(12)20-7-13(17)14-9-24(23-22-14)4-3-5-25/h6-11,25H,3-5H2,1-2H3,(H,20,21). The van der Waals surface area contributed by atoms with Crippen molar-refractivity contribution in [3.8, 4) is 21.0 Å². The lowest BCUT2D eigenvalue weighted by Crippen LogP contribution is -2.11. The number of pyridine rings is 1. The van der Waals surface area contributed by atoms with Gasteiger partial charge in [0, 0.05) is 47.4 Å². The summed E-state index contributed by atoms with van der Waals surface area (Å²) in [6, 6.07) is 2.44. The molecule has 4 heterocycles. The van der Waals surface area contributed by atoms with E-state index in [4.69, 9.17) is 5.11 Å². The number of aryl methyl sites for hydroxylation is 1. The van der Waals surface area contributed by atoms with Crippen LogP contribution < -0.4 is 5.32 Å². The van der Waals surface area contributed by atoms with Crippen LogP contribution in [0.25, 0.3) is 31.2 Å². The molecule has 4 rings (SSSR count).